The normalized spacial score (nSPS) is 11.5. The monoisotopic (exact) mass is 289 g/mol. The van der Waals surface area contributed by atoms with Crippen LogP contribution >= 0.6 is 0 Å². The van der Waals surface area contributed by atoms with Crippen LogP contribution in [0, 0.1) is 0 Å². The van der Waals surface area contributed by atoms with Crippen molar-refractivity contribution in [2.24, 2.45) is 7.05 Å². The van der Waals surface area contributed by atoms with E-state index in [0.717, 1.165) is 6.42 Å². The predicted molar refractivity (Wildman–Crippen MR) is 70.7 cm³/mol. The second-order valence-electron chi connectivity index (χ2n) is 4.04. The third kappa shape index (κ3) is 4.21. The molecule has 0 aliphatic carbocycles. The Morgan fingerprint density at radius 2 is 2.16 bits per heavy atom. The van der Waals surface area contributed by atoms with Crippen molar-refractivity contribution in [1.29, 1.82) is 0 Å². The van der Waals surface area contributed by atoms with Gasteiger partial charge >= 0.3 is 0 Å². The van der Waals surface area contributed by atoms with Gasteiger partial charge < -0.3 is 15.6 Å². The fraction of sp³-hybridized carbons (Fsp3) is 0.600. The molecule has 0 bridgehead atoms. The first-order valence-corrected chi connectivity index (χ1v) is 7.40. The molecule has 1 aromatic rings. The highest BCUT2D eigenvalue weighted by Crippen LogP contribution is 2.14. The van der Waals surface area contributed by atoms with E-state index in [9.17, 15) is 13.2 Å². The number of imidazole rings is 1. The van der Waals surface area contributed by atoms with Gasteiger partial charge in [0.25, 0.3) is 10.0 Å². The number of nitrogens with two attached hydrogens (primary N) is 1. The van der Waals surface area contributed by atoms with E-state index in [1.165, 1.54) is 17.9 Å². The first-order valence-electron chi connectivity index (χ1n) is 5.91. The second-order valence-corrected chi connectivity index (χ2v) is 5.73. The van der Waals surface area contributed by atoms with Crippen LogP contribution < -0.4 is 15.8 Å². The molecular formula is C10H19N5O3S. The number of aromatic nitrogens is 2. The molecule has 0 unspecified atom stereocenters. The van der Waals surface area contributed by atoms with Gasteiger partial charge in [0.1, 0.15) is 0 Å². The van der Waals surface area contributed by atoms with E-state index in [0.29, 0.717) is 6.54 Å². The number of carbonyl (C=O) groups excluding carboxylic acids is 1. The molecule has 0 spiro atoms. The number of nitrogen functional groups attached to an aromatic ring is 1. The van der Waals surface area contributed by atoms with E-state index in [-0.39, 0.29) is 29.7 Å². The third-order valence-corrected chi connectivity index (χ3v) is 3.97. The third-order valence-electron chi connectivity index (χ3n) is 2.38. The van der Waals surface area contributed by atoms with Crippen LogP contribution in [0.5, 0.6) is 0 Å². The second kappa shape index (κ2) is 6.53. The lowest BCUT2D eigenvalue weighted by atomic mass is 10.4. The van der Waals surface area contributed by atoms with Gasteiger partial charge in [-0.3, -0.25) is 4.79 Å². The fourth-order valence-electron chi connectivity index (χ4n) is 1.48. The Kier molecular flexibility index (Phi) is 5.31. The summed E-state index contributed by atoms with van der Waals surface area (Å²) in [5.74, 6) is -0.257. The molecule has 8 nitrogen and oxygen atoms in total. The van der Waals surface area contributed by atoms with Crippen LogP contribution in [0.25, 0.3) is 0 Å². The zero-order valence-corrected chi connectivity index (χ0v) is 11.8. The summed E-state index contributed by atoms with van der Waals surface area (Å²) in [7, 11) is -2.22. The van der Waals surface area contributed by atoms with E-state index in [4.69, 9.17) is 5.73 Å². The lowest BCUT2D eigenvalue weighted by Crippen LogP contribution is -2.32. The summed E-state index contributed by atoms with van der Waals surface area (Å²) in [5, 5.41) is 2.56. The largest absolute Gasteiger partial charge is 0.381 e. The summed E-state index contributed by atoms with van der Waals surface area (Å²) in [6, 6.07) is 0. The van der Waals surface area contributed by atoms with E-state index < -0.39 is 10.0 Å². The number of carbonyl (C=O) groups is 1. The lowest BCUT2D eigenvalue weighted by molar-refractivity contribution is -0.120. The van der Waals surface area contributed by atoms with Gasteiger partial charge in [0.2, 0.25) is 5.91 Å². The molecule has 0 atom stereocenters. The molecule has 0 saturated carbocycles. The fourth-order valence-corrected chi connectivity index (χ4v) is 2.75. The standard InChI is InChI=1S/C10H19N5O3S/c1-3-5-12-8(16)4-6-14-19(17,18)10-9(11)13-7-15(10)2/h7,14H,3-6,11H2,1-2H3,(H,12,16). The van der Waals surface area contributed by atoms with Crippen LogP contribution in [0.2, 0.25) is 0 Å². The van der Waals surface area contributed by atoms with Gasteiger partial charge in [-0.25, -0.2) is 18.1 Å². The van der Waals surface area contributed by atoms with E-state index in [1.807, 2.05) is 6.92 Å². The number of hydrogen-bond donors (Lipinski definition) is 3. The Balaban J connectivity index is 2.55. The van der Waals surface area contributed by atoms with Gasteiger partial charge in [-0.05, 0) is 6.42 Å². The highest BCUT2D eigenvalue weighted by atomic mass is 32.2. The Bertz CT molecular complexity index is 518. The van der Waals surface area contributed by atoms with Gasteiger partial charge in [0, 0.05) is 26.6 Å². The molecule has 19 heavy (non-hydrogen) atoms. The maximum absolute atomic E-state index is 11.9. The van der Waals surface area contributed by atoms with Crippen LogP contribution in [0.4, 0.5) is 5.82 Å². The molecule has 1 heterocycles. The minimum atomic E-state index is -3.75. The van der Waals surface area contributed by atoms with Crippen molar-refractivity contribution in [2.45, 2.75) is 24.8 Å². The summed E-state index contributed by atoms with van der Waals surface area (Å²) in [6.45, 7) is 2.54. The van der Waals surface area contributed by atoms with Crippen molar-refractivity contribution in [3.05, 3.63) is 6.33 Å². The smallest absolute Gasteiger partial charge is 0.260 e. The van der Waals surface area contributed by atoms with Gasteiger partial charge in [-0.1, -0.05) is 6.92 Å². The van der Waals surface area contributed by atoms with Crippen LogP contribution in [0.3, 0.4) is 0 Å². The zero-order valence-electron chi connectivity index (χ0n) is 11.0. The van der Waals surface area contributed by atoms with Gasteiger partial charge in [0.15, 0.2) is 10.8 Å². The van der Waals surface area contributed by atoms with Crippen LogP contribution in [0.15, 0.2) is 11.4 Å². The van der Waals surface area contributed by atoms with Crippen molar-refractivity contribution in [3.8, 4) is 0 Å². The summed E-state index contributed by atoms with van der Waals surface area (Å²) < 4.78 is 27.5. The predicted octanol–water partition coefficient (Wildman–Crippen LogP) is -0.803. The van der Waals surface area contributed by atoms with Gasteiger partial charge in [-0.2, -0.15) is 0 Å². The summed E-state index contributed by atoms with van der Waals surface area (Å²) in [6.07, 6.45) is 2.23. The Hall–Kier alpha value is -1.61. The first kappa shape index (κ1) is 15.4. The molecule has 0 saturated heterocycles. The number of hydrogen-bond acceptors (Lipinski definition) is 5. The molecule has 108 valence electrons. The quantitative estimate of drug-likeness (QED) is 0.607. The molecule has 4 N–H and O–H groups in total. The van der Waals surface area contributed by atoms with E-state index in [1.54, 1.807) is 0 Å². The summed E-state index contributed by atoms with van der Waals surface area (Å²) in [4.78, 5) is 15.0. The molecule has 0 radical (unpaired) electrons. The molecule has 1 amide bonds. The van der Waals surface area contributed by atoms with Crippen LogP contribution in [0.1, 0.15) is 19.8 Å². The molecule has 1 rings (SSSR count). The van der Waals surface area contributed by atoms with Crippen LogP contribution in [-0.4, -0.2) is 37.0 Å². The highest BCUT2D eigenvalue weighted by molar-refractivity contribution is 7.89. The number of sulfonamides is 1. The molecular weight excluding hydrogens is 270 g/mol. The number of rotatable bonds is 7. The average Bonchev–Trinajstić information content (AvgIpc) is 2.66. The van der Waals surface area contributed by atoms with E-state index >= 15 is 0 Å². The lowest BCUT2D eigenvalue weighted by Gasteiger charge is -2.08. The van der Waals surface area contributed by atoms with Crippen LogP contribution in [-0.2, 0) is 21.9 Å². The number of nitrogens with one attached hydrogen (secondary N) is 2. The maximum Gasteiger partial charge on any atom is 0.260 e. The molecule has 9 heteroatoms. The number of amides is 1. The van der Waals surface area contributed by atoms with Crippen molar-refractivity contribution < 1.29 is 13.2 Å². The van der Waals surface area contributed by atoms with Crippen molar-refractivity contribution in [1.82, 2.24) is 19.6 Å². The molecule has 0 fully saturated rings. The van der Waals surface area contributed by atoms with Crippen molar-refractivity contribution >= 4 is 21.7 Å². The Labute approximate surface area is 112 Å². The zero-order chi connectivity index (χ0) is 14.5. The summed E-state index contributed by atoms with van der Waals surface area (Å²) in [5.41, 5.74) is 5.49. The van der Waals surface area contributed by atoms with Gasteiger partial charge in [-0.15, -0.1) is 0 Å². The van der Waals surface area contributed by atoms with E-state index in [2.05, 4.69) is 15.0 Å². The minimum absolute atomic E-state index is 0.0164. The number of aryl methyl sites for hydroxylation is 1. The SMILES string of the molecule is CCCNC(=O)CCNS(=O)(=O)c1c(N)ncn1C. The maximum atomic E-state index is 11.9. The first-order chi connectivity index (χ1) is 8.88. The Morgan fingerprint density at radius 3 is 2.68 bits per heavy atom. The molecule has 1 aromatic heterocycles. The molecule has 0 aliphatic rings. The van der Waals surface area contributed by atoms with Crippen molar-refractivity contribution in [3.63, 3.8) is 0 Å². The highest BCUT2D eigenvalue weighted by Gasteiger charge is 2.21. The summed E-state index contributed by atoms with van der Waals surface area (Å²) >= 11 is 0. The molecule has 0 aromatic carbocycles. The van der Waals surface area contributed by atoms with Crippen molar-refractivity contribution in [2.75, 3.05) is 18.8 Å². The average molecular weight is 289 g/mol. The van der Waals surface area contributed by atoms with Gasteiger partial charge in [0.05, 0.1) is 6.33 Å². The minimum Gasteiger partial charge on any atom is -0.381 e. The molecule has 0 aliphatic heterocycles. The Morgan fingerprint density at radius 1 is 1.47 bits per heavy atom. The number of anilines is 1. The number of nitrogens with zero attached hydrogens (tertiary/aromatic N) is 2. The topological polar surface area (TPSA) is 119 Å².